The van der Waals surface area contributed by atoms with Crippen LogP contribution in [0.5, 0.6) is 0 Å². The monoisotopic (exact) mass is 995 g/mol. The zero-order valence-corrected chi connectivity index (χ0v) is 40.8. The fraction of sp³-hybridized carbons (Fsp3) is 0.0299. The fourth-order valence-corrected chi connectivity index (χ4v) is 10.9. The summed E-state index contributed by atoms with van der Waals surface area (Å²) in [6.07, 6.45) is -4.59. The summed E-state index contributed by atoms with van der Waals surface area (Å²) in [6.45, 7) is 17.6. The Balaban J connectivity index is 1.21. The van der Waals surface area contributed by atoms with Crippen molar-refractivity contribution in [2.75, 3.05) is 0 Å². The lowest BCUT2D eigenvalue weighted by Gasteiger charge is -2.20. The van der Waals surface area contributed by atoms with Gasteiger partial charge in [-0.3, -0.25) is 0 Å². The van der Waals surface area contributed by atoms with E-state index in [-0.39, 0.29) is 5.56 Å². The Hall–Kier alpha value is -11.0. The summed E-state index contributed by atoms with van der Waals surface area (Å²) in [7, 11) is 0. The van der Waals surface area contributed by atoms with Gasteiger partial charge >= 0.3 is 6.18 Å². The number of hydrogen-bond acceptors (Lipinski definition) is 3. The molecule has 0 saturated heterocycles. The molecule has 0 spiro atoms. The number of para-hydroxylation sites is 2. The Morgan fingerprint density at radius 2 is 0.779 bits per heavy atom. The lowest BCUT2D eigenvalue weighted by molar-refractivity contribution is -0.137. The quantitative estimate of drug-likeness (QED) is 0.149. The van der Waals surface area contributed by atoms with Crippen LogP contribution in [0.2, 0.25) is 0 Å². The van der Waals surface area contributed by atoms with Crippen LogP contribution in [-0.4, -0.2) is 9.13 Å². The summed E-state index contributed by atoms with van der Waals surface area (Å²) in [6, 6.07) is 68.0. The normalized spacial score (nSPS) is 11.3. The number of aromatic nitrogens is 2. The van der Waals surface area contributed by atoms with Crippen LogP contribution in [0.4, 0.5) is 24.5 Å². The van der Waals surface area contributed by atoms with Crippen molar-refractivity contribution < 1.29 is 13.2 Å². The zero-order chi connectivity index (χ0) is 53.1. The van der Waals surface area contributed by atoms with Crippen molar-refractivity contribution in [3.63, 3.8) is 0 Å². The third-order valence-corrected chi connectivity index (χ3v) is 14.5. The standard InChI is InChI=1S/C67H36F3N7/c1-40-30-48(67(68,69)70)24-25-49(40)47-35-65(76-61-26-20-41(50-14-6-4-12-45(50)37-71)31-54(61)56-33-43(22-28-63(56)76)52-16-8-10-18-59(52)74-2)58(39-73)66(36-47)77-62-27-21-42(51-15-7-5-13-46(51)38-72)32-55(62)57-34-44(23-29-64(57)77)53-17-9-11-19-60(53)75-3/h4-36H,1H3. The van der Waals surface area contributed by atoms with Crippen molar-refractivity contribution >= 4 is 55.0 Å². The molecule has 0 atom stereocenters. The predicted molar refractivity (Wildman–Crippen MR) is 299 cm³/mol. The lowest BCUT2D eigenvalue weighted by atomic mass is 9.95. The molecule has 0 aliphatic rings. The highest BCUT2D eigenvalue weighted by atomic mass is 19.4. The van der Waals surface area contributed by atoms with E-state index in [1.807, 2.05) is 167 Å². The second kappa shape index (κ2) is 18.5. The molecule has 0 N–H and O–H groups in total. The van der Waals surface area contributed by atoms with Gasteiger partial charge in [0.1, 0.15) is 11.6 Å². The summed E-state index contributed by atoms with van der Waals surface area (Å²) < 4.78 is 47.0. The van der Waals surface area contributed by atoms with Crippen molar-refractivity contribution in [2.24, 2.45) is 0 Å². The molecule has 7 nitrogen and oxygen atoms in total. The molecule has 0 radical (unpaired) electrons. The van der Waals surface area contributed by atoms with Crippen LogP contribution in [0.25, 0.3) is 120 Å². The van der Waals surface area contributed by atoms with Crippen LogP contribution in [0.1, 0.15) is 27.8 Å². The molecule has 0 unspecified atom stereocenters. The van der Waals surface area contributed by atoms with Crippen molar-refractivity contribution in [1.29, 1.82) is 15.8 Å². The maximum absolute atomic E-state index is 14.3. The summed E-state index contributed by atoms with van der Waals surface area (Å²) >= 11 is 0. The molecular weight excluding hydrogens is 960 g/mol. The van der Waals surface area contributed by atoms with Gasteiger partial charge in [-0.25, -0.2) is 9.69 Å². The van der Waals surface area contributed by atoms with Gasteiger partial charge in [0.15, 0.2) is 11.4 Å². The third-order valence-electron chi connectivity index (χ3n) is 14.5. The molecule has 2 heterocycles. The molecule has 0 fully saturated rings. The zero-order valence-electron chi connectivity index (χ0n) is 40.8. The first-order valence-corrected chi connectivity index (χ1v) is 24.4. The van der Waals surface area contributed by atoms with E-state index < -0.39 is 11.7 Å². The summed E-state index contributed by atoms with van der Waals surface area (Å²) in [5.41, 5.74) is 12.7. The van der Waals surface area contributed by atoms with E-state index in [0.717, 1.165) is 78.2 Å². The Labute approximate surface area is 440 Å². The SMILES string of the molecule is [C-]#[N+]c1ccccc1-c1ccc2c(c1)c1cc(-c3ccccc3C#N)ccc1n2-c1cc(-c2ccc(C(F)(F)F)cc2C)cc(-n2c3ccc(-c4ccccc4C#N)cc3c3cc(-c4ccccc4[N+]#[C-])ccc32)c1C#N. The minimum absolute atomic E-state index is 0.263. The second-order valence-corrected chi connectivity index (χ2v) is 18.7. The van der Waals surface area contributed by atoms with Gasteiger partial charge in [0, 0.05) is 21.5 Å². The summed E-state index contributed by atoms with van der Waals surface area (Å²) in [4.78, 5) is 7.65. The van der Waals surface area contributed by atoms with Crippen LogP contribution < -0.4 is 0 Å². The number of alkyl halides is 3. The van der Waals surface area contributed by atoms with Gasteiger partial charge in [-0.05, 0) is 153 Å². The third kappa shape index (κ3) is 7.80. The Kier molecular flexibility index (Phi) is 11.3. The van der Waals surface area contributed by atoms with Crippen molar-refractivity contribution in [1.82, 2.24) is 9.13 Å². The molecule has 0 bridgehead atoms. The first-order chi connectivity index (χ1) is 37.5. The summed E-state index contributed by atoms with van der Waals surface area (Å²) in [5, 5.41) is 35.4. The number of fused-ring (bicyclic) bond motifs is 6. The highest BCUT2D eigenvalue weighted by molar-refractivity contribution is 6.14. The maximum atomic E-state index is 14.3. The smallest absolute Gasteiger partial charge is 0.308 e. The predicted octanol–water partition coefficient (Wildman–Crippen LogP) is 18.3. The van der Waals surface area contributed by atoms with Gasteiger partial charge < -0.3 is 9.13 Å². The van der Waals surface area contributed by atoms with Gasteiger partial charge in [0.25, 0.3) is 0 Å². The molecular formula is C67H36F3N7. The second-order valence-electron chi connectivity index (χ2n) is 18.7. The number of benzene rings is 10. The highest BCUT2D eigenvalue weighted by Gasteiger charge is 2.31. The van der Waals surface area contributed by atoms with Crippen LogP contribution in [0.15, 0.2) is 200 Å². The minimum atomic E-state index is -4.59. The first-order valence-electron chi connectivity index (χ1n) is 24.4. The van der Waals surface area contributed by atoms with Crippen LogP contribution >= 0.6 is 0 Å². The van der Waals surface area contributed by atoms with Gasteiger partial charge in [-0.15, -0.1) is 0 Å². The number of halogens is 3. The van der Waals surface area contributed by atoms with Gasteiger partial charge in [-0.1, -0.05) is 115 Å². The van der Waals surface area contributed by atoms with E-state index in [2.05, 4.69) is 27.9 Å². The van der Waals surface area contributed by atoms with Crippen LogP contribution in [0, 0.1) is 54.1 Å². The topological polar surface area (TPSA) is 89.9 Å². The van der Waals surface area contributed by atoms with Crippen molar-refractivity contribution in [3.05, 3.63) is 251 Å². The number of nitrogens with zero attached hydrogens (tertiary/aromatic N) is 7. The molecule has 360 valence electrons. The average molecular weight is 996 g/mol. The Morgan fingerprint density at radius 3 is 1.14 bits per heavy atom. The molecule has 77 heavy (non-hydrogen) atoms. The fourth-order valence-electron chi connectivity index (χ4n) is 10.9. The van der Waals surface area contributed by atoms with E-state index >= 15 is 0 Å². The molecule has 0 saturated carbocycles. The van der Waals surface area contributed by atoms with E-state index in [9.17, 15) is 29.0 Å². The molecule has 0 aliphatic carbocycles. The van der Waals surface area contributed by atoms with E-state index in [1.54, 1.807) is 31.2 Å². The molecule has 2 aromatic heterocycles. The number of nitriles is 3. The van der Waals surface area contributed by atoms with Crippen molar-refractivity contribution in [2.45, 2.75) is 13.1 Å². The average Bonchev–Trinajstić information content (AvgIpc) is 4.21. The Bertz CT molecular complexity index is 4220. The molecule has 10 heteroatoms. The Morgan fingerprint density at radius 1 is 0.403 bits per heavy atom. The first kappa shape index (κ1) is 47.1. The van der Waals surface area contributed by atoms with Gasteiger partial charge in [0.2, 0.25) is 0 Å². The number of aryl methyl sites for hydroxylation is 1. The molecule has 0 amide bonds. The van der Waals surface area contributed by atoms with E-state index in [4.69, 9.17) is 13.1 Å². The minimum Gasteiger partial charge on any atom is -0.308 e. The maximum Gasteiger partial charge on any atom is 0.416 e. The van der Waals surface area contributed by atoms with Crippen LogP contribution in [0.3, 0.4) is 0 Å². The number of hydrogen-bond donors (Lipinski definition) is 0. The molecule has 12 rings (SSSR count). The van der Waals surface area contributed by atoms with Crippen molar-refractivity contribution in [3.8, 4) is 85.2 Å². The molecule has 0 aliphatic heterocycles. The van der Waals surface area contributed by atoms with Gasteiger partial charge in [0.05, 0.1) is 75.4 Å². The number of rotatable bonds is 7. The van der Waals surface area contributed by atoms with Gasteiger partial charge in [-0.2, -0.15) is 29.0 Å². The lowest BCUT2D eigenvalue weighted by Crippen LogP contribution is -2.07. The highest BCUT2D eigenvalue weighted by Crippen LogP contribution is 2.45. The largest absolute Gasteiger partial charge is 0.416 e. The summed E-state index contributed by atoms with van der Waals surface area (Å²) in [5.74, 6) is 0. The molecule has 10 aromatic carbocycles. The molecule has 12 aromatic rings. The van der Waals surface area contributed by atoms with E-state index in [0.29, 0.717) is 72.6 Å². The van der Waals surface area contributed by atoms with Crippen LogP contribution in [-0.2, 0) is 6.18 Å². The van der Waals surface area contributed by atoms with E-state index in [1.165, 1.54) is 6.07 Å².